The first-order chi connectivity index (χ1) is 16.4. The lowest BCUT2D eigenvalue weighted by molar-refractivity contribution is 0.102. The number of amides is 1. The zero-order valence-corrected chi connectivity index (χ0v) is 19.5. The molecule has 1 saturated heterocycles. The van der Waals surface area contributed by atoms with E-state index in [0.29, 0.717) is 35.6 Å². The molecular formula is C26H24N4O3S. The highest BCUT2D eigenvalue weighted by Crippen LogP contribution is 2.29. The summed E-state index contributed by atoms with van der Waals surface area (Å²) >= 11 is 0. The molecule has 8 heteroatoms. The molecule has 1 amide bonds. The summed E-state index contributed by atoms with van der Waals surface area (Å²) < 4.78 is 27.7. The van der Waals surface area contributed by atoms with Crippen molar-refractivity contribution in [2.75, 3.05) is 21.9 Å². The summed E-state index contributed by atoms with van der Waals surface area (Å²) in [6.45, 7) is 2.43. The number of hydrogen-bond donors (Lipinski definition) is 1. The van der Waals surface area contributed by atoms with Crippen molar-refractivity contribution in [2.45, 2.75) is 13.3 Å². The quantitative estimate of drug-likeness (QED) is 0.459. The number of sulfonamides is 1. The summed E-state index contributed by atoms with van der Waals surface area (Å²) in [5.41, 5.74) is 4.81. The maximum absolute atomic E-state index is 13.4. The van der Waals surface area contributed by atoms with Crippen molar-refractivity contribution in [1.29, 1.82) is 0 Å². The number of carbonyl (C=O) groups is 1. The number of hydrogen-bond acceptors (Lipinski definition) is 4. The molecule has 0 aliphatic carbocycles. The maximum atomic E-state index is 13.4. The summed E-state index contributed by atoms with van der Waals surface area (Å²) in [6, 6.07) is 24.3. The normalized spacial score (nSPS) is 14.8. The summed E-state index contributed by atoms with van der Waals surface area (Å²) in [7, 11) is -3.31. The van der Waals surface area contributed by atoms with Crippen LogP contribution in [-0.4, -0.2) is 36.4 Å². The predicted octanol–water partition coefficient (Wildman–Crippen LogP) is 4.64. The van der Waals surface area contributed by atoms with Crippen molar-refractivity contribution in [3.8, 4) is 16.9 Å². The van der Waals surface area contributed by atoms with E-state index >= 15 is 0 Å². The molecule has 0 bridgehead atoms. The average Bonchev–Trinajstić information content (AvgIpc) is 3.43. The standard InChI is InChI=1S/C26H24N4O3S/c1-19-9-5-6-14-23(19)25-24(18-29(28-25)21-11-3-2-4-12-21)26(31)27-20-10-7-13-22(17-20)30-15-8-16-34(30,32)33/h2-7,9-14,17-18H,8,15-16H2,1H3,(H,27,31). The number of nitrogens with one attached hydrogen (secondary N) is 1. The van der Waals surface area contributed by atoms with E-state index in [1.54, 1.807) is 35.1 Å². The Labute approximate surface area is 198 Å². The third-order valence-electron chi connectivity index (χ3n) is 5.87. The SMILES string of the molecule is Cc1ccccc1-c1nn(-c2ccccc2)cc1C(=O)Nc1cccc(N2CCCS2(=O)=O)c1. The van der Waals surface area contributed by atoms with E-state index in [4.69, 9.17) is 5.10 Å². The molecule has 3 aromatic carbocycles. The molecule has 0 spiro atoms. The van der Waals surface area contributed by atoms with Crippen LogP contribution >= 0.6 is 0 Å². The van der Waals surface area contributed by atoms with E-state index < -0.39 is 10.0 Å². The molecule has 0 radical (unpaired) electrons. The van der Waals surface area contributed by atoms with Gasteiger partial charge in [0.2, 0.25) is 10.0 Å². The topological polar surface area (TPSA) is 84.3 Å². The smallest absolute Gasteiger partial charge is 0.259 e. The highest BCUT2D eigenvalue weighted by molar-refractivity contribution is 7.93. The number of para-hydroxylation sites is 1. The van der Waals surface area contributed by atoms with Crippen LogP contribution in [-0.2, 0) is 10.0 Å². The molecule has 0 unspecified atom stereocenters. The molecule has 0 saturated carbocycles. The second-order valence-corrected chi connectivity index (χ2v) is 10.2. The van der Waals surface area contributed by atoms with Crippen LogP contribution in [0.5, 0.6) is 0 Å². The number of carbonyl (C=O) groups excluding carboxylic acids is 1. The Morgan fingerprint density at radius 1 is 0.941 bits per heavy atom. The molecule has 7 nitrogen and oxygen atoms in total. The third-order valence-corrected chi connectivity index (χ3v) is 7.74. The van der Waals surface area contributed by atoms with Gasteiger partial charge in [-0.2, -0.15) is 5.10 Å². The second kappa shape index (κ2) is 8.79. The first-order valence-corrected chi connectivity index (χ1v) is 12.7. The van der Waals surface area contributed by atoms with Crippen LogP contribution in [0, 0.1) is 6.92 Å². The monoisotopic (exact) mass is 472 g/mol. The van der Waals surface area contributed by atoms with Gasteiger partial charge in [0.25, 0.3) is 5.91 Å². The van der Waals surface area contributed by atoms with Crippen LogP contribution in [0.3, 0.4) is 0 Å². The molecule has 1 N–H and O–H groups in total. The fourth-order valence-corrected chi connectivity index (χ4v) is 5.71. The lowest BCUT2D eigenvalue weighted by atomic mass is 10.0. The fraction of sp³-hybridized carbons (Fsp3) is 0.154. The largest absolute Gasteiger partial charge is 0.322 e. The average molecular weight is 473 g/mol. The van der Waals surface area contributed by atoms with Crippen LogP contribution < -0.4 is 9.62 Å². The van der Waals surface area contributed by atoms with Gasteiger partial charge in [0.15, 0.2) is 0 Å². The van der Waals surface area contributed by atoms with Gasteiger partial charge >= 0.3 is 0 Å². The summed E-state index contributed by atoms with van der Waals surface area (Å²) in [6.07, 6.45) is 2.32. The number of aromatic nitrogens is 2. The third kappa shape index (κ3) is 4.20. The van der Waals surface area contributed by atoms with Crippen LogP contribution in [0.15, 0.2) is 85.1 Å². The highest BCUT2D eigenvalue weighted by Gasteiger charge is 2.28. The highest BCUT2D eigenvalue weighted by atomic mass is 32.2. The van der Waals surface area contributed by atoms with Crippen molar-refractivity contribution in [3.63, 3.8) is 0 Å². The molecule has 34 heavy (non-hydrogen) atoms. The zero-order valence-electron chi connectivity index (χ0n) is 18.7. The van der Waals surface area contributed by atoms with Crippen LogP contribution in [0.2, 0.25) is 0 Å². The van der Waals surface area contributed by atoms with Crippen molar-refractivity contribution in [3.05, 3.63) is 96.2 Å². The lowest BCUT2D eigenvalue weighted by Crippen LogP contribution is -2.25. The second-order valence-electron chi connectivity index (χ2n) is 8.23. The van der Waals surface area contributed by atoms with Gasteiger partial charge in [0.1, 0.15) is 5.69 Å². The van der Waals surface area contributed by atoms with E-state index in [2.05, 4.69) is 5.32 Å². The van der Waals surface area contributed by atoms with Gasteiger partial charge in [0, 0.05) is 24.0 Å². The van der Waals surface area contributed by atoms with E-state index in [0.717, 1.165) is 16.8 Å². The van der Waals surface area contributed by atoms with Crippen molar-refractivity contribution in [1.82, 2.24) is 9.78 Å². The molecule has 0 atom stereocenters. The molecule has 1 aromatic heterocycles. The number of benzene rings is 3. The molecule has 172 valence electrons. The van der Waals surface area contributed by atoms with Gasteiger partial charge in [-0.3, -0.25) is 9.10 Å². The van der Waals surface area contributed by atoms with Crippen molar-refractivity contribution < 1.29 is 13.2 Å². The molecule has 1 aliphatic rings. The van der Waals surface area contributed by atoms with E-state index in [-0.39, 0.29) is 11.7 Å². The van der Waals surface area contributed by atoms with Gasteiger partial charge in [0.05, 0.1) is 22.7 Å². The molecule has 2 heterocycles. The van der Waals surface area contributed by atoms with E-state index in [9.17, 15) is 13.2 Å². The molecule has 1 aliphatic heterocycles. The molecule has 1 fully saturated rings. The molecular weight excluding hydrogens is 448 g/mol. The minimum atomic E-state index is -3.31. The molecule has 5 rings (SSSR count). The van der Waals surface area contributed by atoms with Crippen molar-refractivity contribution in [2.24, 2.45) is 0 Å². The summed E-state index contributed by atoms with van der Waals surface area (Å²) in [5, 5.41) is 7.67. The Kier molecular flexibility index (Phi) is 5.67. The van der Waals surface area contributed by atoms with Crippen LogP contribution in [0.25, 0.3) is 16.9 Å². The minimum Gasteiger partial charge on any atom is -0.322 e. The number of nitrogens with zero attached hydrogens (tertiary/aromatic N) is 3. The van der Waals surface area contributed by atoms with E-state index in [1.165, 1.54) is 4.31 Å². The number of rotatable bonds is 5. The number of aryl methyl sites for hydroxylation is 1. The Morgan fingerprint density at radius 2 is 1.68 bits per heavy atom. The Hall–Kier alpha value is -3.91. The predicted molar refractivity (Wildman–Crippen MR) is 134 cm³/mol. The van der Waals surface area contributed by atoms with Gasteiger partial charge in [-0.1, -0.05) is 48.5 Å². The minimum absolute atomic E-state index is 0.141. The number of anilines is 2. The Balaban J connectivity index is 1.51. The Bertz CT molecular complexity index is 1460. The van der Waals surface area contributed by atoms with Crippen LogP contribution in [0.4, 0.5) is 11.4 Å². The van der Waals surface area contributed by atoms with Gasteiger partial charge in [-0.25, -0.2) is 13.1 Å². The zero-order chi connectivity index (χ0) is 23.7. The lowest BCUT2D eigenvalue weighted by Gasteiger charge is -2.17. The van der Waals surface area contributed by atoms with Crippen LogP contribution in [0.1, 0.15) is 22.3 Å². The van der Waals surface area contributed by atoms with Gasteiger partial charge in [-0.15, -0.1) is 0 Å². The maximum Gasteiger partial charge on any atom is 0.259 e. The summed E-state index contributed by atoms with van der Waals surface area (Å²) in [4.78, 5) is 13.4. The van der Waals surface area contributed by atoms with Gasteiger partial charge < -0.3 is 5.32 Å². The summed E-state index contributed by atoms with van der Waals surface area (Å²) in [5.74, 6) is -0.177. The first kappa shape index (κ1) is 21.9. The van der Waals surface area contributed by atoms with Crippen molar-refractivity contribution >= 4 is 27.3 Å². The van der Waals surface area contributed by atoms with E-state index in [1.807, 2.05) is 61.5 Å². The first-order valence-electron chi connectivity index (χ1n) is 11.1. The Morgan fingerprint density at radius 3 is 2.41 bits per heavy atom. The molecule has 4 aromatic rings. The fourth-order valence-electron chi connectivity index (χ4n) is 4.16. The van der Waals surface area contributed by atoms with Gasteiger partial charge in [-0.05, 0) is 49.2 Å².